The zero-order valence-electron chi connectivity index (χ0n) is 16.6. The Bertz CT molecular complexity index is 728. The molecular weight excluding hydrogens is 358 g/mol. The molecule has 2 fully saturated rings. The Labute approximate surface area is 166 Å². The van der Waals surface area contributed by atoms with Crippen LogP contribution < -0.4 is 5.32 Å². The fraction of sp³-hybridized carbons (Fsp3) is 0.571. The second kappa shape index (κ2) is 9.08. The number of nitrogens with one attached hydrogen (secondary N) is 1. The third-order valence-corrected chi connectivity index (χ3v) is 5.41. The molecule has 1 atom stereocenters. The van der Waals surface area contributed by atoms with Gasteiger partial charge in [0.1, 0.15) is 0 Å². The van der Waals surface area contributed by atoms with E-state index in [1.807, 2.05) is 25.1 Å². The number of carbonyl (C=O) groups excluding carboxylic acids is 3. The van der Waals surface area contributed by atoms with Crippen LogP contribution in [-0.2, 0) is 20.9 Å². The summed E-state index contributed by atoms with van der Waals surface area (Å²) in [5.41, 5.74) is 2.24. The van der Waals surface area contributed by atoms with E-state index in [0.29, 0.717) is 45.6 Å². The van der Waals surface area contributed by atoms with Gasteiger partial charge in [0.2, 0.25) is 11.8 Å². The van der Waals surface area contributed by atoms with Crippen LogP contribution >= 0.6 is 0 Å². The summed E-state index contributed by atoms with van der Waals surface area (Å²) in [7, 11) is 0. The van der Waals surface area contributed by atoms with Gasteiger partial charge in [-0.1, -0.05) is 29.8 Å². The fourth-order valence-corrected chi connectivity index (χ4v) is 3.87. The van der Waals surface area contributed by atoms with Crippen molar-refractivity contribution in [3.05, 3.63) is 35.4 Å². The number of hydrogen-bond donors (Lipinski definition) is 1. The van der Waals surface area contributed by atoms with Crippen LogP contribution in [0.25, 0.3) is 0 Å². The third-order valence-electron chi connectivity index (χ3n) is 5.41. The predicted molar refractivity (Wildman–Crippen MR) is 104 cm³/mol. The molecule has 2 saturated heterocycles. The molecule has 3 amide bonds. The Hall–Kier alpha value is -2.57. The number of rotatable bonds is 5. The molecule has 0 aliphatic carbocycles. The molecule has 0 bridgehead atoms. The topological polar surface area (TPSA) is 79.0 Å². The summed E-state index contributed by atoms with van der Waals surface area (Å²) in [6.45, 7) is 6.33. The highest BCUT2D eigenvalue weighted by molar-refractivity contribution is 5.89. The zero-order valence-corrected chi connectivity index (χ0v) is 16.6. The number of likely N-dealkylation sites (tertiary alicyclic amines) is 2. The van der Waals surface area contributed by atoms with Gasteiger partial charge < -0.3 is 19.9 Å². The van der Waals surface area contributed by atoms with E-state index in [1.165, 1.54) is 0 Å². The molecule has 7 nitrogen and oxygen atoms in total. The van der Waals surface area contributed by atoms with Crippen LogP contribution in [0.2, 0.25) is 0 Å². The van der Waals surface area contributed by atoms with Crippen molar-refractivity contribution in [2.75, 3.05) is 26.2 Å². The van der Waals surface area contributed by atoms with Crippen LogP contribution in [0.1, 0.15) is 37.3 Å². The lowest BCUT2D eigenvalue weighted by Crippen LogP contribution is -2.48. The Morgan fingerprint density at radius 3 is 2.68 bits per heavy atom. The van der Waals surface area contributed by atoms with Gasteiger partial charge in [0.25, 0.3) is 0 Å². The molecule has 0 aromatic heterocycles. The van der Waals surface area contributed by atoms with Crippen molar-refractivity contribution in [2.45, 2.75) is 45.7 Å². The summed E-state index contributed by atoms with van der Waals surface area (Å²) in [4.78, 5) is 40.2. The number of amides is 3. The summed E-state index contributed by atoms with van der Waals surface area (Å²) in [5, 5.41) is 3.07. The van der Waals surface area contributed by atoms with Crippen molar-refractivity contribution in [1.29, 1.82) is 0 Å². The Morgan fingerprint density at radius 2 is 2.00 bits per heavy atom. The van der Waals surface area contributed by atoms with Gasteiger partial charge >= 0.3 is 6.09 Å². The fourth-order valence-electron chi connectivity index (χ4n) is 3.87. The maximum absolute atomic E-state index is 12.6. The van der Waals surface area contributed by atoms with E-state index in [4.69, 9.17) is 4.74 Å². The van der Waals surface area contributed by atoms with Gasteiger partial charge in [-0.3, -0.25) is 9.59 Å². The van der Waals surface area contributed by atoms with Crippen molar-refractivity contribution < 1.29 is 19.1 Å². The average Bonchev–Trinajstić information content (AvgIpc) is 3.03. The van der Waals surface area contributed by atoms with E-state index in [1.54, 1.807) is 16.7 Å². The van der Waals surface area contributed by atoms with Crippen LogP contribution in [0.4, 0.5) is 4.79 Å². The third kappa shape index (κ3) is 5.03. The molecule has 1 unspecified atom stereocenters. The van der Waals surface area contributed by atoms with Gasteiger partial charge in [-0.05, 0) is 32.3 Å². The Kier molecular flexibility index (Phi) is 6.54. The maximum Gasteiger partial charge on any atom is 0.409 e. The minimum atomic E-state index is -0.305. The first-order chi connectivity index (χ1) is 13.5. The first-order valence-electron chi connectivity index (χ1n) is 10.0. The van der Waals surface area contributed by atoms with Crippen LogP contribution in [0.15, 0.2) is 24.3 Å². The van der Waals surface area contributed by atoms with Crippen molar-refractivity contribution in [1.82, 2.24) is 15.1 Å². The van der Waals surface area contributed by atoms with Gasteiger partial charge in [0, 0.05) is 38.6 Å². The van der Waals surface area contributed by atoms with Crippen LogP contribution in [0, 0.1) is 12.8 Å². The molecule has 1 aromatic carbocycles. The molecule has 2 aliphatic heterocycles. The SMILES string of the molecule is CCOC(=O)N1CCC(NC(=O)C2CC(=O)N(Cc3cccc(C)c3)C2)CC1. The predicted octanol–water partition coefficient (Wildman–Crippen LogP) is 2.08. The highest BCUT2D eigenvalue weighted by Gasteiger charge is 2.35. The molecule has 1 aromatic rings. The molecular formula is C21H29N3O4. The van der Waals surface area contributed by atoms with Gasteiger partial charge in [-0.15, -0.1) is 0 Å². The quantitative estimate of drug-likeness (QED) is 0.839. The highest BCUT2D eigenvalue weighted by Crippen LogP contribution is 2.22. The summed E-state index contributed by atoms with van der Waals surface area (Å²) in [6.07, 6.45) is 1.39. The molecule has 7 heteroatoms. The molecule has 28 heavy (non-hydrogen) atoms. The van der Waals surface area contributed by atoms with E-state index in [-0.39, 0.29) is 36.3 Å². The number of benzene rings is 1. The number of carbonyl (C=O) groups is 3. The maximum atomic E-state index is 12.6. The minimum absolute atomic E-state index is 0.0267. The Morgan fingerprint density at radius 1 is 1.25 bits per heavy atom. The van der Waals surface area contributed by atoms with E-state index in [2.05, 4.69) is 11.4 Å². The monoisotopic (exact) mass is 387 g/mol. The van der Waals surface area contributed by atoms with Crippen LogP contribution in [0.5, 0.6) is 0 Å². The number of nitrogens with zero attached hydrogens (tertiary/aromatic N) is 2. The molecule has 0 saturated carbocycles. The molecule has 1 N–H and O–H groups in total. The van der Waals surface area contributed by atoms with Crippen molar-refractivity contribution in [3.63, 3.8) is 0 Å². The Balaban J connectivity index is 1.47. The van der Waals surface area contributed by atoms with Crippen molar-refractivity contribution in [3.8, 4) is 0 Å². The van der Waals surface area contributed by atoms with E-state index < -0.39 is 0 Å². The lowest BCUT2D eigenvalue weighted by Gasteiger charge is -2.32. The average molecular weight is 387 g/mol. The summed E-state index contributed by atoms with van der Waals surface area (Å²) < 4.78 is 5.02. The molecule has 2 aliphatic rings. The number of hydrogen-bond acceptors (Lipinski definition) is 4. The number of ether oxygens (including phenoxy) is 1. The molecule has 0 radical (unpaired) electrons. The van der Waals surface area contributed by atoms with E-state index in [0.717, 1.165) is 11.1 Å². The molecule has 0 spiro atoms. The first-order valence-corrected chi connectivity index (χ1v) is 10.0. The zero-order chi connectivity index (χ0) is 20.1. The van der Waals surface area contributed by atoms with Gasteiger partial charge in [-0.2, -0.15) is 0 Å². The van der Waals surface area contributed by atoms with E-state index >= 15 is 0 Å². The molecule has 2 heterocycles. The largest absolute Gasteiger partial charge is 0.450 e. The molecule has 3 rings (SSSR count). The summed E-state index contributed by atoms with van der Waals surface area (Å²) >= 11 is 0. The van der Waals surface area contributed by atoms with Gasteiger partial charge in [0.05, 0.1) is 12.5 Å². The highest BCUT2D eigenvalue weighted by atomic mass is 16.6. The summed E-state index contributed by atoms with van der Waals surface area (Å²) in [5.74, 6) is -0.339. The van der Waals surface area contributed by atoms with Crippen LogP contribution in [-0.4, -0.2) is 60.0 Å². The second-order valence-electron chi connectivity index (χ2n) is 7.63. The lowest BCUT2D eigenvalue weighted by molar-refractivity contribution is -0.129. The number of piperidine rings is 1. The number of aryl methyl sites for hydroxylation is 1. The van der Waals surface area contributed by atoms with Gasteiger partial charge in [0.15, 0.2) is 0 Å². The first kappa shape index (κ1) is 20.2. The van der Waals surface area contributed by atoms with Crippen LogP contribution in [0.3, 0.4) is 0 Å². The van der Waals surface area contributed by atoms with E-state index in [9.17, 15) is 14.4 Å². The normalized spacial score (nSPS) is 20.4. The smallest absolute Gasteiger partial charge is 0.409 e. The molecule has 152 valence electrons. The van der Waals surface area contributed by atoms with Gasteiger partial charge in [-0.25, -0.2) is 4.79 Å². The summed E-state index contributed by atoms with van der Waals surface area (Å²) in [6, 6.07) is 8.12. The van der Waals surface area contributed by atoms with Crippen molar-refractivity contribution in [2.24, 2.45) is 5.92 Å². The standard InChI is InChI=1S/C21H29N3O4/c1-3-28-21(27)23-9-7-18(8-10-23)22-20(26)17-12-19(25)24(14-17)13-16-6-4-5-15(2)11-16/h4-6,11,17-18H,3,7-10,12-14H2,1-2H3,(H,22,26). The minimum Gasteiger partial charge on any atom is -0.450 e. The lowest BCUT2D eigenvalue weighted by atomic mass is 10.0. The van der Waals surface area contributed by atoms with Crippen molar-refractivity contribution >= 4 is 17.9 Å². The second-order valence-corrected chi connectivity index (χ2v) is 7.63.